The summed E-state index contributed by atoms with van der Waals surface area (Å²) in [5.74, 6) is -1.01. The third kappa shape index (κ3) is 4.50. The molecule has 76 valence electrons. The lowest BCUT2D eigenvalue weighted by Crippen LogP contribution is -2.36. The number of hydrogen-bond donors (Lipinski definition) is 1. The largest absolute Gasteiger partial charge is 0.481 e. The van der Waals surface area contributed by atoms with E-state index in [0.717, 1.165) is 0 Å². The molecule has 0 aliphatic carbocycles. The van der Waals surface area contributed by atoms with Gasteiger partial charge in [0.25, 0.3) is 0 Å². The second kappa shape index (κ2) is 5.56. The second-order valence-electron chi connectivity index (χ2n) is 3.17. The number of carboxylic acid groups (broad SMARTS) is 1. The fourth-order valence-electron chi connectivity index (χ4n) is 1.19. The first-order valence-corrected chi connectivity index (χ1v) is 4.50. The summed E-state index contributed by atoms with van der Waals surface area (Å²) >= 11 is 0. The van der Waals surface area contributed by atoms with Gasteiger partial charge in [0.1, 0.15) is 0 Å². The Kier molecular flexibility index (Phi) is 5.11. The zero-order valence-electron chi connectivity index (χ0n) is 8.41. The topological polar surface area (TPSA) is 57.6 Å². The molecule has 0 atom stereocenters. The molecule has 0 rings (SSSR count). The third-order valence-electron chi connectivity index (χ3n) is 1.84. The van der Waals surface area contributed by atoms with Crippen molar-refractivity contribution in [3.8, 4) is 0 Å². The molecule has 0 unspecified atom stereocenters. The highest BCUT2D eigenvalue weighted by Gasteiger charge is 2.15. The van der Waals surface area contributed by atoms with Gasteiger partial charge in [-0.25, -0.2) is 0 Å². The maximum Gasteiger partial charge on any atom is 0.303 e. The van der Waals surface area contributed by atoms with Crippen LogP contribution in [0.25, 0.3) is 0 Å². The van der Waals surface area contributed by atoms with Gasteiger partial charge in [0.05, 0.1) is 6.42 Å². The van der Waals surface area contributed by atoms with Crippen LogP contribution in [0.1, 0.15) is 33.6 Å². The molecule has 4 heteroatoms. The van der Waals surface area contributed by atoms with E-state index in [1.165, 1.54) is 0 Å². The van der Waals surface area contributed by atoms with Crippen LogP contribution in [0.2, 0.25) is 0 Å². The Balaban J connectivity index is 3.99. The van der Waals surface area contributed by atoms with E-state index in [9.17, 15) is 9.59 Å². The number of aliphatic carboxylic acids is 1. The quantitative estimate of drug-likeness (QED) is 0.701. The van der Waals surface area contributed by atoms with Crippen LogP contribution in [0.4, 0.5) is 0 Å². The summed E-state index contributed by atoms with van der Waals surface area (Å²) in [6.45, 7) is 6.36. The van der Waals surface area contributed by atoms with E-state index in [4.69, 9.17) is 5.11 Å². The summed E-state index contributed by atoms with van der Waals surface area (Å²) in [7, 11) is 0. The second-order valence-corrected chi connectivity index (χ2v) is 3.17. The first-order valence-electron chi connectivity index (χ1n) is 4.50. The Hall–Kier alpha value is -1.06. The average Bonchev–Trinajstić information content (AvgIpc) is 2.01. The molecular weight excluding hydrogens is 170 g/mol. The molecule has 1 amide bonds. The van der Waals surface area contributed by atoms with Gasteiger partial charge in [-0.15, -0.1) is 0 Å². The van der Waals surface area contributed by atoms with Crippen molar-refractivity contribution < 1.29 is 14.7 Å². The minimum Gasteiger partial charge on any atom is -0.481 e. The molecule has 0 aromatic carbocycles. The van der Waals surface area contributed by atoms with Crippen molar-refractivity contribution in [3.05, 3.63) is 0 Å². The zero-order valence-corrected chi connectivity index (χ0v) is 8.41. The highest BCUT2D eigenvalue weighted by molar-refractivity contribution is 5.80. The van der Waals surface area contributed by atoms with Crippen molar-refractivity contribution in [2.45, 2.75) is 39.7 Å². The summed E-state index contributed by atoms with van der Waals surface area (Å²) in [5.41, 5.74) is 0. The third-order valence-corrected chi connectivity index (χ3v) is 1.84. The van der Waals surface area contributed by atoms with Crippen LogP contribution >= 0.6 is 0 Å². The molecule has 0 aromatic rings. The van der Waals surface area contributed by atoms with E-state index in [0.29, 0.717) is 6.54 Å². The summed E-state index contributed by atoms with van der Waals surface area (Å²) in [4.78, 5) is 23.3. The van der Waals surface area contributed by atoms with E-state index in [1.54, 1.807) is 4.90 Å². The summed E-state index contributed by atoms with van der Waals surface area (Å²) in [6.07, 6.45) is 0.0173. The summed E-state index contributed by atoms with van der Waals surface area (Å²) in [5, 5.41) is 8.38. The number of nitrogens with zero attached hydrogens (tertiary/aromatic N) is 1. The van der Waals surface area contributed by atoms with Gasteiger partial charge in [-0.2, -0.15) is 0 Å². The van der Waals surface area contributed by atoms with E-state index in [1.807, 2.05) is 20.8 Å². The molecule has 0 aliphatic heterocycles. The van der Waals surface area contributed by atoms with Crippen LogP contribution in [0.5, 0.6) is 0 Å². The predicted molar refractivity (Wildman–Crippen MR) is 49.4 cm³/mol. The van der Waals surface area contributed by atoms with E-state index in [2.05, 4.69) is 0 Å². The lowest BCUT2D eigenvalue weighted by atomic mass is 10.2. The fourth-order valence-corrected chi connectivity index (χ4v) is 1.19. The maximum atomic E-state index is 11.4. The van der Waals surface area contributed by atoms with Gasteiger partial charge >= 0.3 is 5.97 Å². The molecule has 4 nitrogen and oxygen atoms in total. The van der Waals surface area contributed by atoms with Gasteiger partial charge in [-0.05, 0) is 20.8 Å². The Morgan fingerprint density at radius 1 is 1.31 bits per heavy atom. The highest BCUT2D eigenvalue weighted by Crippen LogP contribution is 2.02. The van der Waals surface area contributed by atoms with E-state index in [-0.39, 0.29) is 24.8 Å². The van der Waals surface area contributed by atoms with Crippen molar-refractivity contribution >= 4 is 11.9 Å². The molecule has 0 saturated carbocycles. The number of carbonyl (C=O) groups excluding carboxylic acids is 1. The van der Waals surface area contributed by atoms with Crippen molar-refractivity contribution in [1.82, 2.24) is 4.90 Å². The lowest BCUT2D eigenvalue weighted by Gasteiger charge is -2.24. The van der Waals surface area contributed by atoms with Gasteiger partial charge < -0.3 is 10.0 Å². The minimum absolute atomic E-state index is 0.0813. The molecule has 0 heterocycles. The Bertz CT molecular complexity index is 189. The van der Waals surface area contributed by atoms with Crippen LogP contribution in [0.15, 0.2) is 0 Å². The monoisotopic (exact) mass is 187 g/mol. The van der Waals surface area contributed by atoms with Crippen molar-refractivity contribution in [1.29, 1.82) is 0 Å². The molecule has 0 aliphatic rings. The molecule has 13 heavy (non-hydrogen) atoms. The smallest absolute Gasteiger partial charge is 0.303 e. The average molecular weight is 187 g/mol. The first kappa shape index (κ1) is 11.9. The SMILES string of the molecule is CCN(C(=O)CCC(=O)O)C(C)C. The van der Waals surface area contributed by atoms with E-state index >= 15 is 0 Å². The normalized spacial score (nSPS) is 10.2. The molecule has 0 radical (unpaired) electrons. The molecule has 0 spiro atoms. The van der Waals surface area contributed by atoms with Crippen LogP contribution in [0.3, 0.4) is 0 Å². The van der Waals surface area contributed by atoms with Crippen molar-refractivity contribution in [2.24, 2.45) is 0 Å². The molecule has 0 aromatic heterocycles. The maximum absolute atomic E-state index is 11.4. The summed E-state index contributed by atoms with van der Waals surface area (Å²) in [6, 6.07) is 0.145. The van der Waals surface area contributed by atoms with Gasteiger partial charge in [-0.1, -0.05) is 0 Å². The summed E-state index contributed by atoms with van der Waals surface area (Å²) < 4.78 is 0. The van der Waals surface area contributed by atoms with E-state index < -0.39 is 5.97 Å². The number of amides is 1. The molecule has 0 bridgehead atoms. The Morgan fingerprint density at radius 2 is 1.85 bits per heavy atom. The predicted octanol–water partition coefficient (Wildman–Crippen LogP) is 1.11. The molecular formula is C9H17NO3. The van der Waals surface area contributed by atoms with Gasteiger partial charge in [-0.3, -0.25) is 9.59 Å². The fraction of sp³-hybridized carbons (Fsp3) is 0.778. The van der Waals surface area contributed by atoms with Crippen LogP contribution in [-0.4, -0.2) is 34.5 Å². The number of hydrogen-bond acceptors (Lipinski definition) is 2. The van der Waals surface area contributed by atoms with Gasteiger partial charge in [0.15, 0.2) is 0 Å². The highest BCUT2D eigenvalue weighted by atomic mass is 16.4. The van der Waals surface area contributed by atoms with Gasteiger partial charge in [0, 0.05) is 19.0 Å². The number of carbonyl (C=O) groups is 2. The zero-order chi connectivity index (χ0) is 10.4. The Labute approximate surface area is 78.5 Å². The number of carboxylic acids is 1. The molecule has 0 saturated heterocycles. The van der Waals surface area contributed by atoms with Crippen molar-refractivity contribution in [3.63, 3.8) is 0 Å². The Morgan fingerprint density at radius 3 is 2.15 bits per heavy atom. The first-order chi connectivity index (χ1) is 5.99. The van der Waals surface area contributed by atoms with Crippen molar-refractivity contribution in [2.75, 3.05) is 6.54 Å². The van der Waals surface area contributed by atoms with Crippen LogP contribution < -0.4 is 0 Å². The molecule has 0 fully saturated rings. The van der Waals surface area contributed by atoms with Crippen LogP contribution in [0, 0.1) is 0 Å². The minimum atomic E-state index is -0.923. The number of rotatable bonds is 5. The van der Waals surface area contributed by atoms with Crippen LogP contribution in [-0.2, 0) is 9.59 Å². The standard InChI is InChI=1S/C9H17NO3/c1-4-10(7(2)3)8(11)5-6-9(12)13/h7H,4-6H2,1-3H3,(H,12,13). The molecule has 1 N–H and O–H groups in total. The lowest BCUT2D eigenvalue weighted by molar-refractivity contribution is -0.141. The van der Waals surface area contributed by atoms with Gasteiger partial charge in [0.2, 0.25) is 5.91 Å².